The van der Waals surface area contributed by atoms with Crippen LogP contribution in [0.25, 0.3) is 10.9 Å². The van der Waals surface area contributed by atoms with Gasteiger partial charge in [0.15, 0.2) is 0 Å². The van der Waals surface area contributed by atoms with Crippen molar-refractivity contribution in [2.24, 2.45) is 0 Å². The molecule has 2 aromatic heterocycles. The van der Waals surface area contributed by atoms with Crippen molar-refractivity contribution >= 4 is 22.4 Å². The Morgan fingerprint density at radius 3 is 2.86 bits per heavy atom. The van der Waals surface area contributed by atoms with E-state index in [1.165, 1.54) is 6.33 Å². The van der Waals surface area contributed by atoms with Crippen LogP contribution in [-0.2, 0) is 0 Å². The highest BCUT2D eigenvalue weighted by Crippen LogP contribution is 2.34. The molecule has 0 spiro atoms. The first-order valence-corrected chi connectivity index (χ1v) is 7.08. The van der Waals surface area contributed by atoms with Gasteiger partial charge in [-0.3, -0.25) is 5.01 Å². The molecule has 0 radical (unpaired) electrons. The van der Waals surface area contributed by atoms with E-state index in [-0.39, 0.29) is 0 Å². The third-order valence-corrected chi connectivity index (χ3v) is 3.45. The molecular weight excluding hydrogens is 280 g/mol. The molecule has 7 nitrogen and oxygen atoms in total. The van der Waals surface area contributed by atoms with Gasteiger partial charge in [0.05, 0.1) is 12.6 Å². The zero-order valence-corrected chi connectivity index (χ0v) is 12.6. The normalized spacial score (nSPS) is 10.8. The Morgan fingerprint density at radius 1 is 1.32 bits per heavy atom. The van der Waals surface area contributed by atoms with Crippen LogP contribution in [0.5, 0.6) is 5.75 Å². The Bertz CT molecular complexity index is 771. The van der Waals surface area contributed by atoms with Gasteiger partial charge >= 0.3 is 0 Å². The van der Waals surface area contributed by atoms with E-state index in [0.29, 0.717) is 5.82 Å². The molecule has 2 heterocycles. The zero-order valence-electron chi connectivity index (χ0n) is 12.6. The van der Waals surface area contributed by atoms with Gasteiger partial charge in [0, 0.05) is 24.3 Å². The summed E-state index contributed by atoms with van der Waals surface area (Å²) < 4.78 is 7.48. The highest BCUT2D eigenvalue weighted by Gasteiger charge is 2.16. The number of fused-ring (bicyclic) bond motifs is 1. The van der Waals surface area contributed by atoms with Gasteiger partial charge in [-0.1, -0.05) is 6.92 Å². The maximum absolute atomic E-state index is 5.92. The number of aromatic nitrogens is 4. The molecule has 0 aliphatic heterocycles. The van der Waals surface area contributed by atoms with Crippen molar-refractivity contribution in [1.82, 2.24) is 19.6 Å². The topological polar surface area (TPSA) is 82.1 Å². The lowest BCUT2D eigenvalue weighted by Crippen LogP contribution is -2.29. The second-order valence-electron chi connectivity index (χ2n) is 4.87. The summed E-state index contributed by atoms with van der Waals surface area (Å²) in [5.41, 5.74) is 7.62. The van der Waals surface area contributed by atoms with Crippen LogP contribution < -0.4 is 15.5 Å². The predicted molar refractivity (Wildman–Crippen MR) is 85.8 cm³/mol. The van der Waals surface area contributed by atoms with Crippen LogP contribution in [0, 0.1) is 0 Å². The fourth-order valence-corrected chi connectivity index (χ4v) is 2.42. The molecule has 0 amide bonds. The van der Waals surface area contributed by atoms with Crippen LogP contribution in [0.15, 0.2) is 37.2 Å². The van der Waals surface area contributed by atoms with Gasteiger partial charge in [-0.2, -0.15) is 0 Å². The van der Waals surface area contributed by atoms with E-state index in [0.717, 1.165) is 35.3 Å². The van der Waals surface area contributed by atoms with Crippen LogP contribution in [0.2, 0.25) is 0 Å². The van der Waals surface area contributed by atoms with Crippen molar-refractivity contribution in [1.29, 1.82) is 0 Å². The Hall–Kier alpha value is -2.83. The second kappa shape index (κ2) is 5.88. The van der Waals surface area contributed by atoms with Gasteiger partial charge < -0.3 is 10.5 Å². The van der Waals surface area contributed by atoms with E-state index in [1.54, 1.807) is 19.6 Å². The van der Waals surface area contributed by atoms with Gasteiger partial charge in [-0.25, -0.2) is 19.6 Å². The van der Waals surface area contributed by atoms with Crippen molar-refractivity contribution in [3.8, 4) is 5.75 Å². The highest BCUT2D eigenvalue weighted by atomic mass is 16.5. The standard InChI is InChI=1S/C15H18N6O/c1-3-5-21(20-6-4-17-10-20)13-8-12-11(7-14(13)22-2)15(16)19-9-18-12/h4,6-10H,3,5H2,1-2H3,(H2,16,18,19). The molecule has 0 atom stereocenters. The Labute approximate surface area is 128 Å². The Morgan fingerprint density at radius 2 is 2.18 bits per heavy atom. The lowest BCUT2D eigenvalue weighted by atomic mass is 10.2. The molecule has 7 heteroatoms. The quantitative estimate of drug-likeness (QED) is 0.776. The molecule has 22 heavy (non-hydrogen) atoms. The molecule has 2 N–H and O–H groups in total. The van der Waals surface area contributed by atoms with Crippen molar-refractivity contribution in [3.05, 3.63) is 37.2 Å². The fraction of sp³-hybridized carbons (Fsp3) is 0.267. The van der Waals surface area contributed by atoms with E-state index >= 15 is 0 Å². The highest BCUT2D eigenvalue weighted by molar-refractivity contribution is 5.92. The summed E-state index contributed by atoms with van der Waals surface area (Å²) in [6.45, 7) is 2.94. The summed E-state index contributed by atoms with van der Waals surface area (Å²) in [6, 6.07) is 3.83. The minimum Gasteiger partial charge on any atom is -0.494 e. The molecule has 0 fully saturated rings. The van der Waals surface area contributed by atoms with E-state index < -0.39 is 0 Å². The van der Waals surface area contributed by atoms with Crippen LogP contribution in [0.3, 0.4) is 0 Å². The molecule has 1 aromatic carbocycles. The van der Waals surface area contributed by atoms with Crippen molar-refractivity contribution in [2.45, 2.75) is 13.3 Å². The van der Waals surface area contributed by atoms with Crippen LogP contribution in [0.4, 0.5) is 11.5 Å². The van der Waals surface area contributed by atoms with E-state index in [2.05, 4.69) is 26.9 Å². The smallest absolute Gasteiger partial charge is 0.144 e. The predicted octanol–water partition coefficient (Wildman–Crippen LogP) is 2.10. The maximum Gasteiger partial charge on any atom is 0.144 e. The van der Waals surface area contributed by atoms with E-state index in [1.807, 2.05) is 23.0 Å². The first-order chi connectivity index (χ1) is 10.7. The number of hydrogen-bond acceptors (Lipinski definition) is 6. The molecular formula is C15H18N6O. The number of ether oxygens (including phenoxy) is 1. The SMILES string of the molecule is CCCN(c1cc2ncnc(N)c2cc1OC)n1ccnc1. The molecule has 3 aromatic rings. The number of benzene rings is 1. The molecule has 0 aliphatic carbocycles. The van der Waals surface area contributed by atoms with Gasteiger partial charge in [0.25, 0.3) is 0 Å². The average Bonchev–Trinajstić information content (AvgIpc) is 3.06. The largest absolute Gasteiger partial charge is 0.494 e. The molecule has 0 saturated heterocycles. The monoisotopic (exact) mass is 298 g/mol. The number of anilines is 2. The molecule has 3 rings (SSSR count). The van der Waals surface area contributed by atoms with Gasteiger partial charge in [0.2, 0.25) is 0 Å². The van der Waals surface area contributed by atoms with Gasteiger partial charge in [-0.15, -0.1) is 0 Å². The second-order valence-corrected chi connectivity index (χ2v) is 4.87. The number of rotatable bonds is 5. The first-order valence-electron chi connectivity index (χ1n) is 7.08. The Balaban J connectivity index is 2.19. The van der Waals surface area contributed by atoms with Gasteiger partial charge in [-0.05, 0) is 18.6 Å². The summed E-state index contributed by atoms with van der Waals surface area (Å²) in [4.78, 5) is 12.4. The number of methoxy groups -OCH3 is 1. The summed E-state index contributed by atoms with van der Waals surface area (Å²) in [5, 5.41) is 2.87. The minimum absolute atomic E-state index is 0.444. The van der Waals surface area contributed by atoms with E-state index in [9.17, 15) is 0 Å². The average molecular weight is 298 g/mol. The number of nitrogens with zero attached hydrogens (tertiary/aromatic N) is 5. The number of nitrogens with two attached hydrogens (primary N) is 1. The lowest BCUT2D eigenvalue weighted by Gasteiger charge is -2.27. The van der Waals surface area contributed by atoms with Crippen LogP contribution >= 0.6 is 0 Å². The Kier molecular flexibility index (Phi) is 3.78. The van der Waals surface area contributed by atoms with E-state index in [4.69, 9.17) is 10.5 Å². The van der Waals surface area contributed by atoms with Gasteiger partial charge in [0.1, 0.15) is 29.9 Å². The molecule has 0 saturated carbocycles. The third kappa shape index (κ3) is 2.41. The van der Waals surface area contributed by atoms with Crippen LogP contribution in [-0.4, -0.2) is 33.3 Å². The fourth-order valence-electron chi connectivity index (χ4n) is 2.42. The van der Waals surface area contributed by atoms with Crippen LogP contribution in [0.1, 0.15) is 13.3 Å². The zero-order chi connectivity index (χ0) is 15.5. The first kappa shape index (κ1) is 14.1. The molecule has 114 valence electrons. The molecule has 0 aliphatic rings. The lowest BCUT2D eigenvalue weighted by molar-refractivity contribution is 0.413. The van der Waals surface area contributed by atoms with Crippen molar-refractivity contribution < 1.29 is 4.74 Å². The number of imidazole rings is 1. The summed E-state index contributed by atoms with van der Waals surface area (Å²) in [7, 11) is 1.64. The summed E-state index contributed by atoms with van der Waals surface area (Å²) in [6.07, 6.45) is 7.85. The molecule has 0 bridgehead atoms. The summed E-state index contributed by atoms with van der Waals surface area (Å²) >= 11 is 0. The summed E-state index contributed by atoms with van der Waals surface area (Å²) in [5.74, 6) is 1.16. The molecule has 0 unspecified atom stereocenters. The minimum atomic E-state index is 0.444. The van der Waals surface area contributed by atoms with Crippen molar-refractivity contribution in [3.63, 3.8) is 0 Å². The van der Waals surface area contributed by atoms with Crippen molar-refractivity contribution in [2.75, 3.05) is 24.4 Å². The maximum atomic E-state index is 5.92. The number of hydrogen-bond donors (Lipinski definition) is 1. The number of nitrogen functional groups attached to an aromatic ring is 1. The third-order valence-electron chi connectivity index (χ3n) is 3.45.